The fourth-order valence-corrected chi connectivity index (χ4v) is 5.20. The molecule has 0 spiro atoms. The van der Waals surface area contributed by atoms with Gasteiger partial charge in [-0.05, 0) is 47.7 Å². The van der Waals surface area contributed by atoms with Gasteiger partial charge >= 0.3 is 11.9 Å². The lowest BCUT2D eigenvalue weighted by atomic mass is 9.96. The summed E-state index contributed by atoms with van der Waals surface area (Å²) in [6.07, 6.45) is -1.62. The Hall–Kier alpha value is -6.28. The highest BCUT2D eigenvalue weighted by Crippen LogP contribution is 2.15. The van der Waals surface area contributed by atoms with Crippen LogP contribution in [0.3, 0.4) is 0 Å². The number of hydrogen-bond acceptors (Lipinski definition) is 12. The van der Waals surface area contributed by atoms with E-state index < -0.39 is 109 Å². The number of carboxylic acid groups (broad SMARTS) is 2. The Balaban J connectivity index is 2.33. The molecule has 0 saturated heterocycles. The standard InChI is InChI=1S/C36H49N7O13/c1-3-18(2)30(43-33(52)25(16-28(38)47)39-31(50)23(37)12-13-29(48)49)35(54)40-24(14-19-4-8-21(45)9-5-19)32(51)42-27(17-44)34(53)41-26(36(55)56)15-20-6-10-22(46)11-7-20/h4-11,18,23-27,30,44-46H,3,12-17,37H2,1-2H3,(H2,38,47)(H,39,50)(H,40,54)(H,41,53)(H,42,51)(H,43,52)(H,48,49)(H,55,56)/t18-,23-,24-,25-,26-,27-,30-/m0/s1. The summed E-state index contributed by atoms with van der Waals surface area (Å²) in [6.45, 7) is 2.30. The summed E-state index contributed by atoms with van der Waals surface area (Å²) < 4.78 is 0. The zero-order chi connectivity index (χ0) is 42.1. The molecule has 14 N–H and O–H groups in total. The number of primary amides is 1. The number of aliphatic hydroxyl groups excluding tert-OH is 1. The Labute approximate surface area is 321 Å². The molecule has 0 heterocycles. The van der Waals surface area contributed by atoms with Crippen LogP contribution in [0.5, 0.6) is 11.5 Å². The highest BCUT2D eigenvalue weighted by Gasteiger charge is 2.35. The van der Waals surface area contributed by atoms with Gasteiger partial charge in [0, 0.05) is 19.3 Å². The van der Waals surface area contributed by atoms with E-state index in [9.17, 15) is 58.8 Å². The minimum atomic E-state index is -1.70. The van der Waals surface area contributed by atoms with Crippen molar-refractivity contribution in [2.75, 3.05) is 6.61 Å². The Morgan fingerprint density at radius 2 is 1.09 bits per heavy atom. The number of aromatic hydroxyl groups is 2. The molecule has 2 aromatic carbocycles. The van der Waals surface area contributed by atoms with E-state index in [4.69, 9.17) is 16.6 Å². The molecule has 20 heteroatoms. The number of carbonyl (C=O) groups excluding carboxylic acids is 6. The van der Waals surface area contributed by atoms with Gasteiger partial charge in [-0.15, -0.1) is 0 Å². The average molecular weight is 788 g/mol. The van der Waals surface area contributed by atoms with Crippen molar-refractivity contribution in [3.63, 3.8) is 0 Å². The van der Waals surface area contributed by atoms with E-state index in [2.05, 4.69) is 26.6 Å². The first-order chi connectivity index (χ1) is 26.3. The van der Waals surface area contributed by atoms with Gasteiger partial charge in [0.15, 0.2) is 0 Å². The van der Waals surface area contributed by atoms with Crippen LogP contribution in [-0.4, -0.2) is 116 Å². The van der Waals surface area contributed by atoms with Crippen LogP contribution in [0.2, 0.25) is 0 Å². The lowest BCUT2D eigenvalue weighted by molar-refractivity contribution is -0.142. The zero-order valence-electron chi connectivity index (χ0n) is 30.8. The zero-order valence-corrected chi connectivity index (χ0v) is 30.8. The highest BCUT2D eigenvalue weighted by molar-refractivity contribution is 5.97. The molecule has 0 aliphatic heterocycles. The van der Waals surface area contributed by atoms with E-state index >= 15 is 0 Å². The molecule has 0 aliphatic rings. The first kappa shape index (κ1) is 45.9. The van der Waals surface area contributed by atoms with Crippen LogP contribution in [0, 0.1) is 5.92 Å². The van der Waals surface area contributed by atoms with E-state index in [1.807, 2.05) is 0 Å². The normalized spacial score (nSPS) is 14.6. The topological polar surface area (TPSA) is 350 Å². The third-order valence-corrected chi connectivity index (χ3v) is 8.65. The molecule has 306 valence electrons. The van der Waals surface area contributed by atoms with Crippen LogP contribution in [0.15, 0.2) is 48.5 Å². The molecule has 2 aromatic rings. The Morgan fingerprint density at radius 3 is 1.55 bits per heavy atom. The molecule has 0 bridgehead atoms. The minimum Gasteiger partial charge on any atom is -0.508 e. The fraction of sp³-hybridized carbons (Fsp3) is 0.444. The molecule has 0 saturated carbocycles. The number of nitrogens with two attached hydrogens (primary N) is 2. The third kappa shape index (κ3) is 15.2. The van der Waals surface area contributed by atoms with Gasteiger partial charge in [-0.25, -0.2) is 4.79 Å². The molecule has 0 unspecified atom stereocenters. The maximum Gasteiger partial charge on any atom is 0.326 e. The monoisotopic (exact) mass is 787 g/mol. The van der Waals surface area contributed by atoms with E-state index in [1.54, 1.807) is 13.8 Å². The quantitative estimate of drug-likeness (QED) is 0.0554. The number of carbonyl (C=O) groups is 8. The van der Waals surface area contributed by atoms with Crippen molar-refractivity contribution in [3.05, 3.63) is 59.7 Å². The van der Waals surface area contributed by atoms with Crippen LogP contribution < -0.4 is 38.1 Å². The van der Waals surface area contributed by atoms with Crippen LogP contribution >= 0.6 is 0 Å². The van der Waals surface area contributed by atoms with E-state index in [0.29, 0.717) is 17.5 Å². The Bertz CT molecular complexity index is 1710. The predicted octanol–water partition coefficient (Wildman–Crippen LogP) is -2.50. The lowest BCUT2D eigenvalue weighted by Gasteiger charge is -2.29. The molecule has 56 heavy (non-hydrogen) atoms. The predicted molar refractivity (Wildman–Crippen MR) is 196 cm³/mol. The van der Waals surface area contributed by atoms with Crippen molar-refractivity contribution in [2.24, 2.45) is 17.4 Å². The largest absolute Gasteiger partial charge is 0.508 e. The van der Waals surface area contributed by atoms with Gasteiger partial charge in [0.05, 0.1) is 19.1 Å². The SMILES string of the molecule is CC[C@H](C)[C@H](NC(=O)[C@H](CC(N)=O)NC(=O)[C@@H](N)CCC(=O)O)C(=O)N[C@@H](Cc1ccc(O)cc1)C(=O)N[C@@H](CO)C(=O)N[C@@H](Cc1ccc(O)cc1)C(=O)O. The number of phenols is 2. The summed E-state index contributed by atoms with van der Waals surface area (Å²) in [5, 5.41) is 59.7. The number of phenolic OH excluding ortho intramolecular Hbond substituents is 2. The van der Waals surface area contributed by atoms with Gasteiger partial charge in [0.1, 0.15) is 41.7 Å². The van der Waals surface area contributed by atoms with Gasteiger partial charge in [-0.3, -0.25) is 33.6 Å². The van der Waals surface area contributed by atoms with Crippen molar-refractivity contribution in [3.8, 4) is 11.5 Å². The van der Waals surface area contributed by atoms with Crippen LogP contribution in [-0.2, 0) is 51.2 Å². The molecule has 2 rings (SSSR count). The molecular weight excluding hydrogens is 738 g/mol. The Kier molecular flexibility index (Phi) is 18.2. The second-order valence-corrected chi connectivity index (χ2v) is 13.1. The Morgan fingerprint density at radius 1 is 0.643 bits per heavy atom. The molecule has 6 amide bonds. The summed E-state index contributed by atoms with van der Waals surface area (Å²) in [6, 6.07) is 1.99. The summed E-state index contributed by atoms with van der Waals surface area (Å²) in [7, 11) is 0. The maximum atomic E-state index is 13.9. The number of aliphatic hydroxyl groups is 1. The van der Waals surface area contributed by atoms with E-state index in [1.165, 1.54) is 48.5 Å². The molecule has 0 fully saturated rings. The maximum absolute atomic E-state index is 13.9. The second kappa shape index (κ2) is 22.2. The van der Waals surface area contributed by atoms with Crippen molar-refractivity contribution in [1.29, 1.82) is 0 Å². The van der Waals surface area contributed by atoms with E-state index in [0.717, 1.165) is 0 Å². The molecule has 0 radical (unpaired) electrons. The first-order valence-electron chi connectivity index (χ1n) is 17.5. The van der Waals surface area contributed by atoms with Gasteiger partial charge in [0.2, 0.25) is 35.4 Å². The summed E-state index contributed by atoms with van der Waals surface area (Å²) in [5.74, 6) is -9.42. The number of benzene rings is 2. The van der Waals surface area contributed by atoms with Crippen LogP contribution in [0.4, 0.5) is 0 Å². The first-order valence-corrected chi connectivity index (χ1v) is 17.5. The summed E-state index contributed by atoms with van der Waals surface area (Å²) in [5.41, 5.74) is 11.9. The van der Waals surface area contributed by atoms with Gasteiger partial charge in [-0.1, -0.05) is 44.5 Å². The van der Waals surface area contributed by atoms with Gasteiger partial charge in [-0.2, -0.15) is 0 Å². The lowest BCUT2D eigenvalue weighted by Crippen LogP contribution is -2.61. The van der Waals surface area contributed by atoms with Crippen molar-refractivity contribution < 1.29 is 63.9 Å². The molecular formula is C36H49N7O13. The molecule has 0 aliphatic carbocycles. The summed E-state index contributed by atoms with van der Waals surface area (Å²) >= 11 is 0. The fourth-order valence-electron chi connectivity index (χ4n) is 5.20. The number of nitrogens with one attached hydrogen (secondary N) is 5. The molecule has 0 aromatic heterocycles. The number of carboxylic acids is 2. The minimum absolute atomic E-state index is 0.0628. The van der Waals surface area contributed by atoms with Crippen molar-refractivity contribution in [1.82, 2.24) is 26.6 Å². The van der Waals surface area contributed by atoms with E-state index in [-0.39, 0.29) is 30.8 Å². The number of amides is 6. The van der Waals surface area contributed by atoms with Crippen LogP contribution in [0.25, 0.3) is 0 Å². The molecule has 7 atom stereocenters. The van der Waals surface area contributed by atoms with Crippen LogP contribution in [0.1, 0.15) is 50.7 Å². The van der Waals surface area contributed by atoms with Gasteiger partial charge < -0.3 is 63.6 Å². The van der Waals surface area contributed by atoms with Crippen molar-refractivity contribution >= 4 is 47.4 Å². The summed E-state index contributed by atoms with van der Waals surface area (Å²) in [4.78, 5) is 101. The second-order valence-electron chi connectivity index (χ2n) is 13.1. The smallest absolute Gasteiger partial charge is 0.326 e. The molecule has 20 nitrogen and oxygen atoms in total. The number of aliphatic carboxylic acids is 2. The van der Waals surface area contributed by atoms with Gasteiger partial charge in [0.25, 0.3) is 0 Å². The van der Waals surface area contributed by atoms with Crippen molar-refractivity contribution in [2.45, 2.75) is 88.6 Å². The average Bonchev–Trinajstić information content (AvgIpc) is 3.14. The highest BCUT2D eigenvalue weighted by atomic mass is 16.4. The number of rotatable bonds is 23. The number of hydrogen-bond donors (Lipinski definition) is 12. The third-order valence-electron chi connectivity index (χ3n) is 8.65.